The molecule has 4 aliphatic carbocycles. The lowest BCUT2D eigenvalue weighted by Gasteiger charge is -2.46. The van der Waals surface area contributed by atoms with E-state index in [1.807, 2.05) is 11.3 Å². The molecule has 288 valence electrons. The Bertz CT molecular complexity index is 2570. The molecule has 3 heterocycles. The van der Waals surface area contributed by atoms with Crippen LogP contribution in [-0.2, 0) is 21.7 Å². The molecule has 0 N–H and O–H groups in total. The number of para-hydroxylation sites is 1. The first kappa shape index (κ1) is 35.9. The highest BCUT2D eigenvalue weighted by molar-refractivity contribution is 7.33. The predicted octanol–water partition coefficient (Wildman–Crippen LogP) is 13.0. The zero-order chi connectivity index (χ0) is 39.4. The summed E-state index contributed by atoms with van der Waals surface area (Å²) in [4.78, 5) is 5.36. The molecule has 6 aromatic rings. The van der Waals surface area contributed by atoms with E-state index in [-0.39, 0.29) is 28.4 Å². The largest absolute Gasteiger partial charge is 0.311 e. The van der Waals surface area contributed by atoms with Gasteiger partial charge in [0.1, 0.15) is 0 Å². The van der Waals surface area contributed by atoms with E-state index in [1.165, 1.54) is 109 Å². The zero-order valence-corrected chi connectivity index (χ0v) is 36.3. The van der Waals surface area contributed by atoms with Crippen LogP contribution in [0.4, 0.5) is 34.1 Å². The predicted molar refractivity (Wildman–Crippen MR) is 247 cm³/mol. The summed E-state index contributed by atoms with van der Waals surface area (Å²) in [6.07, 6.45) is 6.97. The number of hydrogen-bond acceptors (Lipinski definition) is 3. The Kier molecular flexibility index (Phi) is 7.49. The smallest absolute Gasteiger partial charge is 0.264 e. The van der Waals surface area contributed by atoms with E-state index in [0.717, 1.165) is 17.8 Å². The summed E-state index contributed by atoms with van der Waals surface area (Å²) in [7, 11) is 0. The fourth-order valence-electron chi connectivity index (χ4n) is 12.1. The normalized spacial score (nSPS) is 23.3. The van der Waals surface area contributed by atoms with E-state index >= 15 is 0 Å². The monoisotopic (exact) mass is 764 g/mol. The minimum absolute atomic E-state index is 0.0512. The van der Waals surface area contributed by atoms with Crippen molar-refractivity contribution in [3.05, 3.63) is 125 Å². The van der Waals surface area contributed by atoms with E-state index in [2.05, 4.69) is 175 Å². The minimum atomic E-state index is 0.0512. The fourth-order valence-corrected chi connectivity index (χ4v) is 13.4. The topological polar surface area (TPSA) is 6.48 Å². The van der Waals surface area contributed by atoms with Crippen molar-refractivity contribution in [3.8, 4) is 0 Å². The van der Waals surface area contributed by atoms with Crippen molar-refractivity contribution in [3.63, 3.8) is 0 Å². The van der Waals surface area contributed by atoms with Gasteiger partial charge in [0.2, 0.25) is 0 Å². The first-order valence-electron chi connectivity index (χ1n) is 21.7. The molecule has 12 rings (SSSR count). The number of benzene rings is 5. The van der Waals surface area contributed by atoms with Crippen LogP contribution in [0.1, 0.15) is 117 Å². The molecule has 2 unspecified atom stereocenters. The molecule has 4 bridgehead atoms. The Morgan fingerprint density at radius 1 is 0.579 bits per heavy atom. The van der Waals surface area contributed by atoms with Gasteiger partial charge in [-0.15, -0.1) is 11.3 Å². The van der Waals surface area contributed by atoms with Crippen molar-refractivity contribution in [2.24, 2.45) is 17.8 Å². The van der Waals surface area contributed by atoms with E-state index in [1.54, 1.807) is 5.56 Å². The highest BCUT2D eigenvalue weighted by Crippen LogP contribution is 2.65. The molecule has 4 heteroatoms. The zero-order valence-electron chi connectivity index (χ0n) is 35.5. The van der Waals surface area contributed by atoms with E-state index in [0.29, 0.717) is 0 Å². The number of fused-ring (bicyclic) bond motifs is 6. The van der Waals surface area contributed by atoms with Gasteiger partial charge in [-0.1, -0.05) is 111 Å². The highest BCUT2D eigenvalue weighted by atomic mass is 32.1. The third-order valence-electron chi connectivity index (χ3n) is 15.0. The Morgan fingerprint density at radius 2 is 1.12 bits per heavy atom. The van der Waals surface area contributed by atoms with Crippen LogP contribution in [0.3, 0.4) is 0 Å². The molecule has 5 aromatic carbocycles. The number of rotatable bonds is 3. The van der Waals surface area contributed by atoms with Crippen molar-refractivity contribution in [2.75, 3.05) is 9.80 Å². The van der Waals surface area contributed by atoms with Crippen molar-refractivity contribution >= 4 is 78.0 Å². The average molecular weight is 765 g/mol. The Morgan fingerprint density at radius 3 is 1.70 bits per heavy atom. The summed E-state index contributed by atoms with van der Waals surface area (Å²) in [6.45, 7) is 21.2. The SMILES string of the molecule is CC(C)(C)c1ccc(N2c3ccccc3B3c4sc5ccc(C(C)(C)C)cc5c4N(c4ccc(C(C)(C)C)cc4)c4cc(C56CC7CC(C5)C(C7)C6)cc2c43)cc1. The maximum atomic E-state index is 2.72. The minimum Gasteiger partial charge on any atom is -0.311 e. The van der Waals surface area contributed by atoms with Gasteiger partial charge in [0.25, 0.3) is 6.71 Å². The molecular formula is C53H57BN2S. The van der Waals surface area contributed by atoms with Gasteiger partial charge in [-0.3, -0.25) is 0 Å². The summed E-state index contributed by atoms with van der Waals surface area (Å²) in [5, 5.41) is 1.38. The molecule has 57 heavy (non-hydrogen) atoms. The number of thiophene rings is 1. The molecule has 2 nitrogen and oxygen atoms in total. The molecule has 2 atom stereocenters. The molecule has 4 saturated carbocycles. The maximum absolute atomic E-state index is 2.72. The molecule has 0 radical (unpaired) electrons. The number of hydrogen-bond donors (Lipinski definition) is 0. The van der Waals surface area contributed by atoms with Crippen LogP contribution in [0.2, 0.25) is 0 Å². The van der Waals surface area contributed by atoms with Crippen molar-refractivity contribution < 1.29 is 0 Å². The molecule has 0 spiro atoms. The van der Waals surface area contributed by atoms with Crippen LogP contribution in [0.25, 0.3) is 10.1 Å². The lowest BCUT2D eigenvalue weighted by atomic mass is 9.36. The van der Waals surface area contributed by atoms with Crippen molar-refractivity contribution in [1.82, 2.24) is 0 Å². The van der Waals surface area contributed by atoms with Crippen LogP contribution >= 0.6 is 11.3 Å². The van der Waals surface area contributed by atoms with Gasteiger partial charge < -0.3 is 9.80 Å². The number of anilines is 6. The summed E-state index contributed by atoms with van der Waals surface area (Å²) >= 11 is 2.02. The average Bonchev–Trinajstić information content (AvgIpc) is 3.77. The Balaban J connectivity index is 1.23. The van der Waals surface area contributed by atoms with E-state index in [4.69, 9.17) is 0 Å². The van der Waals surface area contributed by atoms with Crippen LogP contribution in [0, 0.1) is 17.8 Å². The van der Waals surface area contributed by atoms with Gasteiger partial charge in [-0.05, 0) is 159 Å². The number of nitrogens with zero attached hydrogens (tertiary/aromatic N) is 2. The lowest BCUT2D eigenvalue weighted by Crippen LogP contribution is -2.60. The molecule has 1 aromatic heterocycles. The molecule has 0 saturated heterocycles. The summed E-state index contributed by atoms with van der Waals surface area (Å²) in [5.41, 5.74) is 17.0. The second-order valence-corrected chi connectivity index (χ2v) is 22.8. The molecule has 4 fully saturated rings. The summed E-state index contributed by atoms with van der Waals surface area (Å²) in [5.74, 6) is 2.68. The second kappa shape index (κ2) is 11.9. The quantitative estimate of drug-likeness (QED) is 0.165. The van der Waals surface area contributed by atoms with Crippen LogP contribution in [0.15, 0.2) is 103 Å². The van der Waals surface area contributed by atoms with E-state index < -0.39 is 0 Å². The summed E-state index contributed by atoms with van der Waals surface area (Å²) in [6, 6.07) is 41.2. The van der Waals surface area contributed by atoms with Crippen LogP contribution < -0.4 is 25.5 Å². The Hall–Kier alpha value is -4.28. The van der Waals surface area contributed by atoms with Gasteiger partial charge in [0, 0.05) is 43.3 Å². The van der Waals surface area contributed by atoms with Gasteiger partial charge in [0.05, 0.1) is 5.69 Å². The van der Waals surface area contributed by atoms with Crippen LogP contribution in [-0.4, -0.2) is 6.71 Å². The maximum Gasteiger partial charge on any atom is 0.264 e. The van der Waals surface area contributed by atoms with Crippen LogP contribution in [0.5, 0.6) is 0 Å². The molecular weight excluding hydrogens is 707 g/mol. The lowest BCUT2D eigenvalue weighted by molar-refractivity contribution is 0.229. The molecule has 6 aliphatic rings. The van der Waals surface area contributed by atoms with Gasteiger partial charge in [-0.2, -0.15) is 0 Å². The standard InChI is InChI=1S/C53H57BN2S/c1-50(2,3)35-14-19-39(20-15-35)55-43-13-11-10-12-42(43)54-47-44(55)27-38(53-29-32-24-33(30-53)34(25-32)31-53)28-45(47)56(40-21-16-36(17-22-40)51(4,5)6)48-41-26-37(52(7,8)9)18-23-46(41)57-49(48)54/h10-23,26-28,32-34H,24-25,29-31H2,1-9H3. The highest BCUT2D eigenvalue weighted by Gasteiger charge is 2.57. The van der Waals surface area contributed by atoms with Gasteiger partial charge in [-0.25, -0.2) is 0 Å². The van der Waals surface area contributed by atoms with Crippen molar-refractivity contribution in [1.29, 1.82) is 0 Å². The fraction of sp³-hybridized carbons (Fsp3) is 0.396. The first-order valence-corrected chi connectivity index (χ1v) is 22.5. The van der Waals surface area contributed by atoms with Gasteiger partial charge in [0.15, 0.2) is 0 Å². The molecule has 2 aliphatic heterocycles. The first-order chi connectivity index (χ1) is 27.1. The summed E-state index contributed by atoms with van der Waals surface area (Å²) < 4.78 is 2.84. The van der Waals surface area contributed by atoms with Crippen molar-refractivity contribution in [2.45, 2.75) is 116 Å². The second-order valence-electron chi connectivity index (χ2n) is 21.7. The van der Waals surface area contributed by atoms with Gasteiger partial charge >= 0.3 is 0 Å². The third kappa shape index (κ3) is 5.34. The Labute approximate surface area is 345 Å². The van der Waals surface area contributed by atoms with E-state index in [9.17, 15) is 0 Å². The molecule has 0 amide bonds. The third-order valence-corrected chi connectivity index (χ3v) is 16.2.